The molecule has 1 unspecified atom stereocenters. The lowest BCUT2D eigenvalue weighted by Gasteiger charge is -2.52. The highest BCUT2D eigenvalue weighted by molar-refractivity contribution is 5.81. The number of hydrogen-bond acceptors (Lipinski definition) is 3. The van der Waals surface area contributed by atoms with Crippen molar-refractivity contribution in [2.24, 2.45) is 5.92 Å². The molecule has 2 aliphatic rings. The number of rotatable bonds is 4. The maximum Gasteiger partial charge on any atom is 0.239 e. The molecule has 1 amide bonds. The molecule has 0 aromatic heterocycles. The van der Waals surface area contributed by atoms with E-state index in [4.69, 9.17) is 0 Å². The van der Waals surface area contributed by atoms with Crippen molar-refractivity contribution < 1.29 is 4.79 Å². The van der Waals surface area contributed by atoms with E-state index < -0.39 is 0 Å². The SMILES string of the molecule is CC(C)CN(C)C(=O)C(C)N1CCC2(CC1)c1ccccc1CCN2C. The molecule has 0 bridgehead atoms. The number of carbonyl (C=O) groups is 1. The minimum Gasteiger partial charge on any atom is -0.344 e. The van der Waals surface area contributed by atoms with E-state index in [0.29, 0.717) is 5.92 Å². The minimum absolute atomic E-state index is 0.0276. The van der Waals surface area contributed by atoms with Crippen molar-refractivity contribution >= 4 is 5.91 Å². The van der Waals surface area contributed by atoms with Gasteiger partial charge in [-0.25, -0.2) is 0 Å². The van der Waals surface area contributed by atoms with Gasteiger partial charge in [0, 0.05) is 38.8 Å². The largest absolute Gasteiger partial charge is 0.344 e. The number of fused-ring (bicyclic) bond motifs is 2. The van der Waals surface area contributed by atoms with Crippen molar-refractivity contribution in [3.63, 3.8) is 0 Å². The second kappa shape index (κ2) is 7.69. The summed E-state index contributed by atoms with van der Waals surface area (Å²) in [4.78, 5) is 19.6. The third-order valence-corrected chi connectivity index (χ3v) is 6.51. The van der Waals surface area contributed by atoms with Gasteiger partial charge in [0.2, 0.25) is 5.91 Å². The fraction of sp³-hybridized carbons (Fsp3) is 0.682. The van der Waals surface area contributed by atoms with Crippen molar-refractivity contribution in [1.29, 1.82) is 0 Å². The average molecular weight is 358 g/mol. The Hall–Kier alpha value is -1.39. The quantitative estimate of drug-likeness (QED) is 0.829. The lowest BCUT2D eigenvalue weighted by molar-refractivity contribution is -0.136. The van der Waals surface area contributed by atoms with E-state index in [2.05, 4.69) is 61.9 Å². The molecule has 2 aliphatic heterocycles. The second-order valence-corrected chi connectivity index (χ2v) is 8.68. The summed E-state index contributed by atoms with van der Waals surface area (Å²) >= 11 is 0. The monoisotopic (exact) mass is 357 g/mol. The summed E-state index contributed by atoms with van der Waals surface area (Å²) in [5.74, 6) is 0.764. The smallest absolute Gasteiger partial charge is 0.239 e. The molecule has 4 heteroatoms. The Morgan fingerprint density at radius 2 is 1.81 bits per heavy atom. The summed E-state index contributed by atoms with van der Waals surface area (Å²) in [6.07, 6.45) is 3.35. The van der Waals surface area contributed by atoms with Crippen LogP contribution in [0.15, 0.2) is 24.3 Å². The van der Waals surface area contributed by atoms with Crippen LogP contribution in [0.3, 0.4) is 0 Å². The Balaban J connectivity index is 1.70. The molecule has 1 spiro atoms. The zero-order valence-corrected chi connectivity index (χ0v) is 17.2. The van der Waals surface area contributed by atoms with Crippen molar-refractivity contribution in [3.8, 4) is 0 Å². The highest BCUT2D eigenvalue weighted by Crippen LogP contribution is 2.42. The van der Waals surface area contributed by atoms with Crippen LogP contribution in [0.1, 0.15) is 44.7 Å². The molecule has 1 atom stereocenters. The Bertz CT molecular complexity index is 634. The molecule has 4 nitrogen and oxygen atoms in total. The maximum absolute atomic E-state index is 12.8. The number of amides is 1. The maximum atomic E-state index is 12.8. The van der Waals surface area contributed by atoms with Crippen LogP contribution < -0.4 is 0 Å². The van der Waals surface area contributed by atoms with Crippen LogP contribution in [0, 0.1) is 5.92 Å². The summed E-state index contributed by atoms with van der Waals surface area (Å²) < 4.78 is 0. The third-order valence-electron chi connectivity index (χ3n) is 6.51. The summed E-state index contributed by atoms with van der Waals surface area (Å²) in [5.41, 5.74) is 3.18. The van der Waals surface area contributed by atoms with E-state index in [0.717, 1.165) is 45.4 Å². The lowest BCUT2D eigenvalue weighted by Crippen LogP contribution is -2.57. The van der Waals surface area contributed by atoms with E-state index in [1.165, 1.54) is 11.1 Å². The second-order valence-electron chi connectivity index (χ2n) is 8.68. The number of benzene rings is 1. The first-order valence-corrected chi connectivity index (χ1v) is 10.1. The molecule has 1 aromatic rings. The Labute approximate surface area is 159 Å². The molecule has 2 heterocycles. The zero-order chi connectivity index (χ0) is 18.9. The molecule has 1 saturated heterocycles. The van der Waals surface area contributed by atoms with Gasteiger partial charge >= 0.3 is 0 Å². The van der Waals surface area contributed by atoms with Gasteiger partial charge in [0.1, 0.15) is 0 Å². The molecule has 0 saturated carbocycles. The van der Waals surface area contributed by atoms with E-state index >= 15 is 0 Å². The van der Waals surface area contributed by atoms with Crippen LogP contribution in [0.4, 0.5) is 0 Å². The van der Waals surface area contributed by atoms with Gasteiger partial charge in [-0.1, -0.05) is 38.1 Å². The summed E-state index contributed by atoms with van der Waals surface area (Å²) in [6, 6.07) is 8.94. The number of likely N-dealkylation sites (tertiary alicyclic amines) is 1. The van der Waals surface area contributed by atoms with Gasteiger partial charge in [0.25, 0.3) is 0 Å². The van der Waals surface area contributed by atoms with Crippen LogP contribution in [-0.2, 0) is 16.8 Å². The standard InChI is InChI=1S/C22H35N3O/c1-17(2)16-23(4)21(26)18(3)25-14-11-22(12-15-25)20-9-7-6-8-19(20)10-13-24(22)5/h6-9,17-18H,10-16H2,1-5H3. The van der Waals surface area contributed by atoms with Crippen LogP contribution in [-0.4, -0.2) is 66.9 Å². The third kappa shape index (κ3) is 3.54. The molecular formula is C22H35N3O. The minimum atomic E-state index is -0.0276. The molecule has 0 N–H and O–H groups in total. The molecule has 1 aromatic carbocycles. The van der Waals surface area contributed by atoms with E-state index in [1.807, 2.05) is 11.9 Å². The van der Waals surface area contributed by atoms with Crippen LogP contribution in [0.5, 0.6) is 0 Å². The molecule has 0 aliphatic carbocycles. The molecule has 144 valence electrons. The van der Waals surface area contributed by atoms with Gasteiger partial charge in [-0.3, -0.25) is 14.6 Å². The Kier molecular flexibility index (Phi) is 5.73. The first kappa shape index (κ1) is 19.4. The highest BCUT2D eigenvalue weighted by Gasteiger charge is 2.44. The summed E-state index contributed by atoms with van der Waals surface area (Å²) in [5, 5.41) is 0. The van der Waals surface area contributed by atoms with Gasteiger partial charge in [-0.15, -0.1) is 0 Å². The van der Waals surface area contributed by atoms with Gasteiger partial charge in [-0.2, -0.15) is 0 Å². The highest BCUT2D eigenvalue weighted by atomic mass is 16.2. The lowest BCUT2D eigenvalue weighted by atomic mass is 9.74. The van der Waals surface area contributed by atoms with Gasteiger partial charge in [-0.05, 0) is 50.3 Å². The number of hydrogen-bond donors (Lipinski definition) is 0. The van der Waals surface area contributed by atoms with Gasteiger partial charge < -0.3 is 4.90 Å². The zero-order valence-electron chi connectivity index (χ0n) is 17.2. The topological polar surface area (TPSA) is 26.8 Å². The van der Waals surface area contributed by atoms with Crippen molar-refractivity contribution in [2.45, 2.75) is 51.6 Å². The fourth-order valence-electron chi connectivity index (χ4n) is 4.95. The average Bonchev–Trinajstić information content (AvgIpc) is 2.64. The molecule has 0 radical (unpaired) electrons. The van der Waals surface area contributed by atoms with E-state index in [-0.39, 0.29) is 17.5 Å². The van der Waals surface area contributed by atoms with Crippen molar-refractivity contribution in [2.75, 3.05) is 40.3 Å². The van der Waals surface area contributed by atoms with Crippen LogP contribution in [0.25, 0.3) is 0 Å². The predicted molar refractivity (Wildman–Crippen MR) is 107 cm³/mol. The first-order chi connectivity index (χ1) is 12.3. The number of likely N-dealkylation sites (N-methyl/N-ethyl adjacent to an activating group) is 2. The molecule has 26 heavy (non-hydrogen) atoms. The number of piperidine rings is 1. The van der Waals surface area contributed by atoms with Crippen LogP contribution >= 0.6 is 0 Å². The summed E-state index contributed by atoms with van der Waals surface area (Å²) in [6.45, 7) is 10.3. The molecular weight excluding hydrogens is 322 g/mol. The van der Waals surface area contributed by atoms with Gasteiger partial charge in [0.05, 0.1) is 6.04 Å². The summed E-state index contributed by atoms with van der Waals surface area (Å²) in [7, 11) is 4.21. The number of nitrogens with zero attached hydrogens (tertiary/aromatic N) is 3. The Morgan fingerprint density at radius 1 is 1.15 bits per heavy atom. The van der Waals surface area contributed by atoms with Crippen LogP contribution in [0.2, 0.25) is 0 Å². The number of carbonyl (C=O) groups excluding carboxylic acids is 1. The first-order valence-electron chi connectivity index (χ1n) is 10.1. The van der Waals surface area contributed by atoms with E-state index in [1.54, 1.807) is 0 Å². The van der Waals surface area contributed by atoms with Crippen molar-refractivity contribution in [1.82, 2.24) is 14.7 Å². The Morgan fingerprint density at radius 3 is 2.46 bits per heavy atom. The van der Waals surface area contributed by atoms with Gasteiger partial charge in [0.15, 0.2) is 0 Å². The molecule has 3 rings (SSSR count). The van der Waals surface area contributed by atoms with E-state index in [9.17, 15) is 4.79 Å². The normalized spacial score (nSPS) is 21.6. The van der Waals surface area contributed by atoms with Crippen molar-refractivity contribution in [3.05, 3.63) is 35.4 Å². The fourth-order valence-corrected chi connectivity index (χ4v) is 4.95. The molecule has 1 fully saturated rings. The predicted octanol–water partition coefficient (Wildman–Crippen LogP) is 2.97.